The first kappa shape index (κ1) is 13.4. The number of likely N-dealkylation sites (tertiary alicyclic amines) is 1. The molecule has 94 valence electrons. The van der Waals surface area contributed by atoms with Crippen molar-refractivity contribution in [3.05, 3.63) is 0 Å². The third-order valence-corrected chi connectivity index (χ3v) is 3.13. The van der Waals surface area contributed by atoms with E-state index < -0.39 is 12.0 Å². The number of carboxylic acids is 1. The number of hydrogen-bond donors (Lipinski definition) is 1. The van der Waals surface area contributed by atoms with E-state index in [1.54, 1.807) is 14.2 Å². The first-order chi connectivity index (χ1) is 7.51. The van der Waals surface area contributed by atoms with Crippen molar-refractivity contribution in [2.24, 2.45) is 5.92 Å². The van der Waals surface area contributed by atoms with Gasteiger partial charge in [-0.25, -0.2) is 0 Å². The van der Waals surface area contributed by atoms with E-state index in [4.69, 9.17) is 9.47 Å². The highest BCUT2D eigenvalue weighted by Crippen LogP contribution is 2.21. The van der Waals surface area contributed by atoms with Crippen LogP contribution in [-0.4, -0.2) is 61.5 Å². The predicted octanol–water partition coefficient (Wildman–Crippen LogP) is 0.441. The van der Waals surface area contributed by atoms with Crippen LogP contribution in [0.3, 0.4) is 0 Å². The van der Waals surface area contributed by atoms with Crippen molar-refractivity contribution in [1.29, 1.82) is 0 Å². The predicted molar refractivity (Wildman–Crippen MR) is 59.4 cm³/mol. The molecule has 1 saturated heterocycles. The first-order valence-electron chi connectivity index (χ1n) is 5.53. The van der Waals surface area contributed by atoms with Gasteiger partial charge < -0.3 is 14.6 Å². The monoisotopic (exact) mass is 231 g/mol. The number of nitrogens with zero attached hydrogens (tertiary/aromatic N) is 1. The van der Waals surface area contributed by atoms with Gasteiger partial charge in [0.25, 0.3) is 0 Å². The molecule has 0 radical (unpaired) electrons. The molecule has 3 atom stereocenters. The van der Waals surface area contributed by atoms with Crippen molar-refractivity contribution in [1.82, 2.24) is 4.90 Å². The highest BCUT2D eigenvalue weighted by molar-refractivity contribution is 5.73. The summed E-state index contributed by atoms with van der Waals surface area (Å²) in [5.41, 5.74) is 0. The SMILES string of the molecule is COC1CN(C(C(=O)O)C(C)C)CC1OC. The molecule has 5 heteroatoms. The van der Waals surface area contributed by atoms with Crippen molar-refractivity contribution >= 4 is 5.97 Å². The normalized spacial score (nSPS) is 28.6. The van der Waals surface area contributed by atoms with Crippen molar-refractivity contribution in [2.75, 3.05) is 27.3 Å². The van der Waals surface area contributed by atoms with Gasteiger partial charge in [0.1, 0.15) is 6.04 Å². The minimum atomic E-state index is -0.776. The summed E-state index contributed by atoms with van der Waals surface area (Å²) in [4.78, 5) is 13.1. The fourth-order valence-electron chi connectivity index (χ4n) is 2.31. The van der Waals surface area contributed by atoms with Gasteiger partial charge in [0.05, 0.1) is 12.2 Å². The zero-order chi connectivity index (χ0) is 12.3. The van der Waals surface area contributed by atoms with E-state index in [-0.39, 0.29) is 18.1 Å². The van der Waals surface area contributed by atoms with Gasteiger partial charge in [0, 0.05) is 27.3 Å². The summed E-state index contributed by atoms with van der Waals surface area (Å²) in [6, 6.07) is -0.460. The Bertz CT molecular complexity index is 232. The number of rotatable bonds is 5. The Balaban J connectivity index is 2.71. The van der Waals surface area contributed by atoms with Crippen LogP contribution in [0, 0.1) is 5.92 Å². The molecule has 1 heterocycles. The summed E-state index contributed by atoms with van der Waals surface area (Å²) in [6.07, 6.45) is -0.0730. The Morgan fingerprint density at radius 2 is 1.69 bits per heavy atom. The quantitative estimate of drug-likeness (QED) is 0.744. The maximum absolute atomic E-state index is 11.2. The van der Waals surface area contributed by atoms with Crippen LogP contribution in [0.5, 0.6) is 0 Å². The van der Waals surface area contributed by atoms with Gasteiger partial charge in [-0.1, -0.05) is 13.8 Å². The van der Waals surface area contributed by atoms with Gasteiger partial charge in [0.15, 0.2) is 0 Å². The number of carbonyl (C=O) groups is 1. The Hall–Kier alpha value is -0.650. The van der Waals surface area contributed by atoms with Crippen LogP contribution >= 0.6 is 0 Å². The summed E-state index contributed by atoms with van der Waals surface area (Å²) in [7, 11) is 3.26. The van der Waals surface area contributed by atoms with Gasteiger partial charge in [-0.05, 0) is 5.92 Å². The molecule has 1 rings (SSSR count). The topological polar surface area (TPSA) is 59.0 Å². The maximum Gasteiger partial charge on any atom is 0.321 e. The first-order valence-corrected chi connectivity index (χ1v) is 5.53. The fraction of sp³-hybridized carbons (Fsp3) is 0.909. The summed E-state index contributed by atoms with van der Waals surface area (Å²) < 4.78 is 10.6. The van der Waals surface area contributed by atoms with Crippen LogP contribution in [0.1, 0.15) is 13.8 Å². The van der Waals surface area contributed by atoms with Crippen molar-refractivity contribution < 1.29 is 19.4 Å². The van der Waals surface area contributed by atoms with E-state index in [0.29, 0.717) is 13.1 Å². The van der Waals surface area contributed by atoms with E-state index in [2.05, 4.69) is 0 Å². The molecule has 0 aromatic rings. The van der Waals surface area contributed by atoms with Crippen LogP contribution in [0.4, 0.5) is 0 Å². The summed E-state index contributed by atoms with van der Waals surface area (Å²) in [5, 5.41) is 9.20. The molecule has 5 nitrogen and oxygen atoms in total. The summed E-state index contributed by atoms with van der Waals surface area (Å²) in [6.45, 7) is 5.07. The molecule has 0 amide bonds. The van der Waals surface area contributed by atoms with E-state index in [9.17, 15) is 9.90 Å². The van der Waals surface area contributed by atoms with Gasteiger partial charge in [-0.2, -0.15) is 0 Å². The molecule has 0 aromatic heterocycles. The molecule has 1 fully saturated rings. The molecule has 0 spiro atoms. The molecule has 0 bridgehead atoms. The lowest BCUT2D eigenvalue weighted by molar-refractivity contribution is -0.144. The Morgan fingerprint density at radius 3 is 1.94 bits per heavy atom. The minimum absolute atomic E-state index is 0.0365. The Morgan fingerprint density at radius 1 is 1.25 bits per heavy atom. The molecule has 1 N–H and O–H groups in total. The van der Waals surface area contributed by atoms with Gasteiger partial charge in [-0.3, -0.25) is 9.69 Å². The molecule has 1 aliphatic rings. The number of hydrogen-bond acceptors (Lipinski definition) is 4. The molecule has 16 heavy (non-hydrogen) atoms. The standard InChI is InChI=1S/C11H21NO4/c1-7(2)10(11(13)14)12-5-8(15-3)9(6-12)16-4/h7-10H,5-6H2,1-4H3,(H,13,14). The van der Waals surface area contributed by atoms with Crippen LogP contribution in [0.2, 0.25) is 0 Å². The fourth-order valence-corrected chi connectivity index (χ4v) is 2.31. The van der Waals surface area contributed by atoms with E-state index in [1.165, 1.54) is 0 Å². The van der Waals surface area contributed by atoms with Crippen LogP contribution in [0.25, 0.3) is 0 Å². The summed E-state index contributed by atoms with van der Waals surface area (Å²) in [5.74, 6) is -0.702. The highest BCUT2D eigenvalue weighted by atomic mass is 16.5. The minimum Gasteiger partial charge on any atom is -0.480 e. The van der Waals surface area contributed by atoms with E-state index in [1.807, 2.05) is 18.7 Å². The van der Waals surface area contributed by atoms with Gasteiger partial charge in [-0.15, -0.1) is 0 Å². The zero-order valence-corrected chi connectivity index (χ0v) is 10.3. The molecule has 0 aromatic carbocycles. The average molecular weight is 231 g/mol. The van der Waals surface area contributed by atoms with Crippen LogP contribution in [-0.2, 0) is 14.3 Å². The zero-order valence-electron chi connectivity index (χ0n) is 10.3. The second-order valence-electron chi connectivity index (χ2n) is 4.53. The molecular weight excluding hydrogens is 210 g/mol. The highest BCUT2D eigenvalue weighted by Gasteiger charge is 2.40. The number of methoxy groups -OCH3 is 2. The number of aliphatic carboxylic acids is 1. The third-order valence-electron chi connectivity index (χ3n) is 3.13. The number of carboxylic acid groups (broad SMARTS) is 1. The van der Waals surface area contributed by atoms with Gasteiger partial charge >= 0.3 is 5.97 Å². The van der Waals surface area contributed by atoms with Crippen LogP contribution < -0.4 is 0 Å². The second-order valence-corrected chi connectivity index (χ2v) is 4.53. The largest absolute Gasteiger partial charge is 0.480 e. The summed E-state index contributed by atoms with van der Waals surface area (Å²) >= 11 is 0. The Labute approximate surface area is 96.3 Å². The van der Waals surface area contributed by atoms with Crippen molar-refractivity contribution in [3.8, 4) is 0 Å². The molecule has 0 aliphatic carbocycles. The maximum atomic E-state index is 11.2. The van der Waals surface area contributed by atoms with Gasteiger partial charge in [0.2, 0.25) is 0 Å². The average Bonchev–Trinajstić information content (AvgIpc) is 2.59. The second kappa shape index (κ2) is 5.61. The van der Waals surface area contributed by atoms with E-state index >= 15 is 0 Å². The lowest BCUT2D eigenvalue weighted by Crippen LogP contribution is -2.44. The van der Waals surface area contributed by atoms with Crippen molar-refractivity contribution in [2.45, 2.75) is 32.1 Å². The lowest BCUT2D eigenvalue weighted by atomic mass is 10.0. The lowest BCUT2D eigenvalue weighted by Gasteiger charge is -2.26. The smallest absolute Gasteiger partial charge is 0.321 e. The van der Waals surface area contributed by atoms with E-state index in [0.717, 1.165) is 0 Å². The molecular formula is C11H21NO4. The third kappa shape index (κ3) is 2.72. The van der Waals surface area contributed by atoms with Crippen molar-refractivity contribution in [3.63, 3.8) is 0 Å². The molecule has 0 saturated carbocycles. The molecule has 1 aliphatic heterocycles. The molecule has 3 unspecified atom stereocenters. The number of ether oxygens (including phenoxy) is 2. The van der Waals surface area contributed by atoms with Crippen LogP contribution in [0.15, 0.2) is 0 Å². The Kier molecular flexibility index (Phi) is 4.70.